The molecule has 1 aromatic rings. The van der Waals surface area contributed by atoms with Gasteiger partial charge in [0, 0.05) is 30.4 Å². The van der Waals surface area contributed by atoms with Gasteiger partial charge in [-0.25, -0.2) is 4.79 Å². The fourth-order valence-corrected chi connectivity index (χ4v) is 1.84. The maximum absolute atomic E-state index is 12.0. The topological polar surface area (TPSA) is 95.7 Å². The summed E-state index contributed by atoms with van der Waals surface area (Å²) >= 11 is 0. The first-order chi connectivity index (χ1) is 9.11. The van der Waals surface area contributed by atoms with E-state index >= 15 is 0 Å². The second-order valence-corrected chi connectivity index (χ2v) is 4.39. The standard InChI is InChI=1S/C12H15N3O4/c16-7-6-14(10-4-5-10)12(17)13-9-2-1-3-11(8-9)15(18)19/h1-3,8,10,16H,4-7H2,(H,13,17). The third-order valence-corrected chi connectivity index (χ3v) is 2.90. The van der Waals surface area contributed by atoms with Crippen molar-refractivity contribution in [2.45, 2.75) is 18.9 Å². The predicted octanol–water partition coefficient (Wildman–Crippen LogP) is 1.58. The van der Waals surface area contributed by atoms with Crippen LogP contribution in [0.3, 0.4) is 0 Å². The Morgan fingerprint density at radius 1 is 1.53 bits per heavy atom. The quantitative estimate of drug-likeness (QED) is 0.624. The van der Waals surface area contributed by atoms with Gasteiger partial charge in [0.15, 0.2) is 0 Å². The fourth-order valence-electron chi connectivity index (χ4n) is 1.84. The normalized spacial score (nSPS) is 13.9. The second-order valence-electron chi connectivity index (χ2n) is 4.39. The molecule has 2 rings (SSSR count). The van der Waals surface area contributed by atoms with Gasteiger partial charge in [0.05, 0.1) is 11.5 Å². The van der Waals surface area contributed by atoms with Crippen molar-refractivity contribution in [1.29, 1.82) is 0 Å². The molecule has 1 aromatic carbocycles. The van der Waals surface area contributed by atoms with Crippen LogP contribution in [0.5, 0.6) is 0 Å². The molecule has 1 aliphatic carbocycles. The van der Waals surface area contributed by atoms with E-state index < -0.39 is 4.92 Å². The van der Waals surface area contributed by atoms with Gasteiger partial charge in [0.1, 0.15) is 0 Å². The summed E-state index contributed by atoms with van der Waals surface area (Å²) < 4.78 is 0. The van der Waals surface area contributed by atoms with Crippen molar-refractivity contribution in [3.05, 3.63) is 34.4 Å². The molecule has 2 N–H and O–H groups in total. The lowest BCUT2D eigenvalue weighted by atomic mass is 10.3. The van der Waals surface area contributed by atoms with Gasteiger partial charge in [0.2, 0.25) is 0 Å². The molecule has 0 bridgehead atoms. The highest BCUT2D eigenvalue weighted by atomic mass is 16.6. The van der Waals surface area contributed by atoms with Gasteiger partial charge in [-0.05, 0) is 18.9 Å². The van der Waals surface area contributed by atoms with Gasteiger partial charge in [-0.15, -0.1) is 0 Å². The number of amides is 2. The first kappa shape index (κ1) is 13.3. The lowest BCUT2D eigenvalue weighted by Gasteiger charge is -2.21. The van der Waals surface area contributed by atoms with E-state index in [1.165, 1.54) is 18.2 Å². The fraction of sp³-hybridized carbons (Fsp3) is 0.417. The van der Waals surface area contributed by atoms with E-state index in [1.54, 1.807) is 11.0 Å². The summed E-state index contributed by atoms with van der Waals surface area (Å²) in [7, 11) is 0. The van der Waals surface area contributed by atoms with Gasteiger partial charge < -0.3 is 15.3 Å². The van der Waals surface area contributed by atoms with E-state index in [0.717, 1.165) is 12.8 Å². The molecule has 2 amide bonds. The number of urea groups is 1. The van der Waals surface area contributed by atoms with Crippen molar-refractivity contribution < 1.29 is 14.8 Å². The number of benzene rings is 1. The van der Waals surface area contributed by atoms with Crippen molar-refractivity contribution in [3.63, 3.8) is 0 Å². The highest BCUT2D eigenvalue weighted by molar-refractivity contribution is 5.90. The summed E-state index contributed by atoms with van der Waals surface area (Å²) in [6.07, 6.45) is 1.87. The summed E-state index contributed by atoms with van der Waals surface area (Å²) in [5.41, 5.74) is 0.306. The van der Waals surface area contributed by atoms with Crippen LogP contribution in [0.15, 0.2) is 24.3 Å². The maximum Gasteiger partial charge on any atom is 0.322 e. The van der Waals surface area contributed by atoms with E-state index in [-0.39, 0.29) is 30.9 Å². The number of nitro groups is 1. The number of carbonyl (C=O) groups excluding carboxylic acids is 1. The summed E-state index contributed by atoms with van der Waals surface area (Å²) in [4.78, 5) is 23.7. The minimum atomic E-state index is -0.512. The van der Waals surface area contributed by atoms with Gasteiger partial charge in [-0.3, -0.25) is 10.1 Å². The molecule has 1 fully saturated rings. The molecule has 7 heteroatoms. The van der Waals surface area contributed by atoms with E-state index in [2.05, 4.69) is 5.32 Å². The lowest BCUT2D eigenvalue weighted by Crippen LogP contribution is -2.38. The molecule has 0 radical (unpaired) electrons. The van der Waals surface area contributed by atoms with Gasteiger partial charge >= 0.3 is 6.03 Å². The summed E-state index contributed by atoms with van der Waals surface area (Å²) in [6, 6.07) is 5.61. The SMILES string of the molecule is O=C(Nc1cccc([N+](=O)[O-])c1)N(CCO)C1CC1. The smallest absolute Gasteiger partial charge is 0.322 e. The Bertz CT molecular complexity index is 488. The second kappa shape index (κ2) is 5.66. The van der Waals surface area contributed by atoms with Crippen molar-refractivity contribution in [2.75, 3.05) is 18.5 Å². The zero-order chi connectivity index (χ0) is 13.8. The number of nitro benzene ring substituents is 1. The van der Waals surface area contributed by atoms with Crippen molar-refractivity contribution in [1.82, 2.24) is 4.90 Å². The Balaban J connectivity index is 2.04. The van der Waals surface area contributed by atoms with Crippen LogP contribution in [-0.4, -0.2) is 40.2 Å². The van der Waals surface area contributed by atoms with Gasteiger partial charge in [-0.1, -0.05) is 6.07 Å². The molecular weight excluding hydrogens is 250 g/mol. The molecule has 0 unspecified atom stereocenters. The number of hydrogen-bond donors (Lipinski definition) is 2. The van der Waals surface area contributed by atoms with E-state index in [1.807, 2.05) is 0 Å². The molecule has 0 heterocycles. The third kappa shape index (κ3) is 3.41. The van der Waals surface area contributed by atoms with Crippen LogP contribution in [-0.2, 0) is 0 Å². The molecule has 0 saturated heterocycles. The van der Waals surface area contributed by atoms with Crippen LogP contribution < -0.4 is 5.32 Å². The maximum atomic E-state index is 12.0. The molecule has 1 aliphatic rings. The van der Waals surface area contributed by atoms with Crippen LogP contribution in [0.1, 0.15) is 12.8 Å². The first-order valence-corrected chi connectivity index (χ1v) is 6.05. The third-order valence-electron chi connectivity index (χ3n) is 2.90. The Morgan fingerprint density at radius 2 is 2.26 bits per heavy atom. The molecular formula is C12H15N3O4. The molecule has 1 saturated carbocycles. The molecule has 102 valence electrons. The van der Waals surface area contributed by atoms with E-state index in [4.69, 9.17) is 5.11 Å². The number of nitrogens with zero attached hydrogens (tertiary/aromatic N) is 2. The van der Waals surface area contributed by atoms with Gasteiger partial charge in [-0.2, -0.15) is 0 Å². The van der Waals surface area contributed by atoms with Crippen LogP contribution in [0.25, 0.3) is 0 Å². The monoisotopic (exact) mass is 265 g/mol. The van der Waals surface area contributed by atoms with Crippen molar-refractivity contribution in [2.24, 2.45) is 0 Å². The Kier molecular flexibility index (Phi) is 3.96. The van der Waals surface area contributed by atoms with Gasteiger partial charge in [0.25, 0.3) is 5.69 Å². The lowest BCUT2D eigenvalue weighted by molar-refractivity contribution is -0.384. The Morgan fingerprint density at radius 3 is 2.84 bits per heavy atom. The minimum absolute atomic E-state index is 0.0714. The molecule has 0 spiro atoms. The number of non-ortho nitro benzene ring substituents is 1. The zero-order valence-corrected chi connectivity index (χ0v) is 10.3. The van der Waals surface area contributed by atoms with Crippen LogP contribution in [0.4, 0.5) is 16.2 Å². The minimum Gasteiger partial charge on any atom is -0.395 e. The number of aliphatic hydroxyl groups excluding tert-OH is 1. The van der Waals surface area contributed by atoms with E-state index in [0.29, 0.717) is 5.69 Å². The average Bonchev–Trinajstić information content (AvgIpc) is 3.20. The largest absolute Gasteiger partial charge is 0.395 e. The van der Waals surface area contributed by atoms with Crippen LogP contribution in [0.2, 0.25) is 0 Å². The first-order valence-electron chi connectivity index (χ1n) is 6.05. The number of carbonyl (C=O) groups is 1. The van der Waals surface area contributed by atoms with Crippen molar-refractivity contribution >= 4 is 17.4 Å². The highest BCUT2D eigenvalue weighted by Crippen LogP contribution is 2.27. The molecule has 0 aromatic heterocycles. The zero-order valence-electron chi connectivity index (χ0n) is 10.3. The highest BCUT2D eigenvalue weighted by Gasteiger charge is 2.32. The van der Waals surface area contributed by atoms with E-state index in [9.17, 15) is 14.9 Å². The number of anilines is 1. The average molecular weight is 265 g/mol. The summed E-state index contributed by atoms with van der Waals surface area (Å²) in [6.45, 7) is 0.171. The number of rotatable bonds is 5. The summed E-state index contributed by atoms with van der Waals surface area (Å²) in [5.74, 6) is 0. The Labute approximate surface area is 110 Å². The Hall–Kier alpha value is -2.15. The van der Waals surface area contributed by atoms with Crippen LogP contribution >= 0.6 is 0 Å². The number of hydrogen-bond acceptors (Lipinski definition) is 4. The van der Waals surface area contributed by atoms with Crippen LogP contribution in [0, 0.1) is 10.1 Å². The number of aliphatic hydroxyl groups is 1. The molecule has 7 nitrogen and oxygen atoms in total. The molecule has 19 heavy (non-hydrogen) atoms. The van der Waals surface area contributed by atoms with Crippen molar-refractivity contribution in [3.8, 4) is 0 Å². The molecule has 0 aliphatic heterocycles. The predicted molar refractivity (Wildman–Crippen MR) is 68.9 cm³/mol. The molecule has 0 atom stereocenters. The summed E-state index contributed by atoms with van der Waals surface area (Å²) in [5, 5.41) is 22.2. The number of nitrogens with one attached hydrogen (secondary N) is 1.